The number of methoxy groups -OCH3 is 1. The summed E-state index contributed by atoms with van der Waals surface area (Å²) in [5.74, 6) is -0.438. The maximum absolute atomic E-state index is 12.3. The zero-order chi connectivity index (χ0) is 19.1. The third kappa shape index (κ3) is 5.63. The monoisotopic (exact) mass is 371 g/mol. The molecule has 0 unspecified atom stereocenters. The minimum atomic E-state index is -0.390. The van der Waals surface area contributed by atoms with Gasteiger partial charge in [-0.25, -0.2) is 9.78 Å². The second kappa shape index (κ2) is 9.29. The standard InChI is InChI=1S/C19H25N5O3/c1-27-19(26)16-2-4-17(5-3-16)21-18(25)14-23-11-8-22(9-12-23)10-13-24-7-6-20-15-24/h2-7,15H,8-14H2,1H3,(H,21,25). The Morgan fingerprint density at radius 3 is 2.41 bits per heavy atom. The number of carbonyl (C=O) groups excluding carboxylic acids is 2. The van der Waals surface area contributed by atoms with Gasteiger partial charge in [0.2, 0.25) is 5.91 Å². The zero-order valence-corrected chi connectivity index (χ0v) is 15.5. The Hall–Kier alpha value is -2.71. The van der Waals surface area contributed by atoms with E-state index in [4.69, 9.17) is 0 Å². The number of piperazine rings is 1. The molecule has 2 heterocycles. The quantitative estimate of drug-likeness (QED) is 0.730. The lowest BCUT2D eigenvalue weighted by Gasteiger charge is -2.34. The molecule has 1 N–H and O–H groups in total. The van der Waals surface area contributed by atoms with Gasteiger partial charge in [-0.15, -0.1) is 0 Å². The highest BCUT2D eigenvalue weighted by Gasteiger charge is 2.18. The number of rotatable bonds is 7. The number of hydrogen-bond donors (Lipinski definition) is 1. The van der Waals surface area contributed by atoms with Gasteiger partial charge in [-0.05, 0) is 24.3 Å². The predicted molar refractivity (Wildman–Crippen MR) is 102 cm³/mol. The maximum atomic E-state index is 12.3. The van der Waals surface area contributed by atoms with Crippen molar-refractivity contribution in [1.29, 1.82) is 0 Å². The molecule has 1 saturated heterocycles. The molecule has 0 aliphatic carbocycles. The first kappa shape index (κ1) is 19.1. The lowest BCUT2D eigenvalue weighted by atomic mass is 10.2. The Morgan fingerprint density at radius 1 is 1.07 bits per heavy atom. The molecule has 8 heteroatoms. The molecule has 1 amide bonds. The van der Waals surface area contributed by atoms with Crippen molar-refractivity contribution in [3.63, 3.8) is 0 Å². The highest BCUT2D eigenvalue weighted by atomic mass is 16.5. The molecule has 0 atom stereocenters. The van der Waals surface area contributed by atoms with Gasteiger partial charge in [0.1, 0.15) is 0 Å². The molecule has 8 nitrogen and oxygen atoms in total. The van der Waals surface area contributed by atoms with Crippen LogP contribution in [0.4, 0.5) is 5.69 Å². The van der Waals surface area contributed by atoms with Crippen molar-refractivity contribution in [3.05, 3.63) is 48.5 Å². The topological polar surface area (TPSA) is 79.7 Å². The van der Waals surface area contributed by atoms with Crippen LogP contribution < -0.4 is 5.32 Å². The van der Waals surface area contributed by atoms with Crippen molar-refractivity contribution in [2.75, 3.05) is 51.7 Å². The number of ether oxygens (including phenoxy) is 1. The molecule has 0 saturated carbocycles. The fraction of sp³-hybridized carbons (Fsp3) is 0.421. The van der Waals surface area contributed by atoms with Crippen LogP contribution in [0.2, 0.25) is 0 Å². The number of imidazole rings is 1. The second-order valence-electron chi connectivity index (χ2n) is 6.54. The number of hydrogen-bond acceptors (Lipinski definition) is 6. The summed E-state index contributed by atoms with van der Waals surface area (Å²) in [6.07, 6.45) is 5.59. The van der Waals surface area contributed by atoms with Crippen molar-refractivity contribution in [3.8, 4) is 0 Å². The summed E-state index contributed by atoms with van der Waals surface area (Å²) in [4.78, 5) is 32.3. The minimum absolute atomic E-state index is 0.0484. The van der Waals surface area contributed by atoms with Gasteiger partial charge in [0.15, 0.2) is 0 Å². The fourth-order valence-electron chi connectivity index (χ4n) is 3.06. The van der Waals surface area contributed by atoms with Gasteiger partial charge in [0, 0.05) is 57.3 Å². The average molecular weight is 371 g/mol. The first-order valence-corrected chi connectivity index (χ1v) is 9.03. The highest BCUT2D eigenvalue weighted by molar-refractivity contribution is 5.93. The summed E-state index contributed by atoms with van der Waals surface area (Å²) in [6, 6.07) is 6.69. The second-order valence-corrected chi connectivity index (χ2v) is 6.54. The van der Waals surface area contributed by atoms with Crippen molar-refractivity contribution >= 4 is 17.6 Å². The Kier molecular flexibility index (Phi) is 6.56. The first-order valence-electron chi connectivity index (χ1n) is 9.03. The van der Waals surface area contributed by atoms with Crippen LogP contribution in [0.15, 0.2) is 43.0 Å². The predicted octanol–water partition coefficient (Wildman–Crippen LogP) is 0.926. The molecule has 0 spiro atoms. The van der Waals surface area contributed by atoms with Crippen LogP contribution in [0.25, 0.3) is 0 Å². The maximum Gasteiger partial charge on any atom is 0.337 e. The van der Waals surface area contributed by atoms with Gasteiger partial charge in [0.05, 0.1) is 25.5 Å². The Balaban J connectivity index is 1.38. The number of aromatic nitrogens is 2. The number of anilines is 1. The highest BCUT2D eigenvalue weighted by Crippen LogP contribution is 2.11. The summed E-state index contributed by atoms with van der Waals surface area (Å²) < 4.78 is 6.74. The van der Waals surface area contributed by atoms with Gasteiger partial charge in [-0.3, -0.25) is 14.6 Å². The number of esters is 1. The lowest BCUT2D eigenvalue weighted by molar-refractivity contribution is -0.117. The van der Waals surface area contributed by atoms with Gasteiger partial charge < -0.3 is 14.6 Å². The van der Waals surface area contributed by atoms with Gasteiger partial charge in [-0.2, -0.15) is 0 Å². The molecular formula is C19H25N5O3. The lowest BCUT2D eigenvalue weighted by Crippen LogP contribution is -2.49. The summed E-state index contributed by atoms with van der Waals surface area (Å²) >= 11 is 0. The van der Waals surface area contributed by atoms with Crippen molar-refractivity contribution in [1.82, 2.24) is 19.4 Å². The summed E-state index contributed by atoms with van der Waals surface area (Å²) in [6.45, 7) is 5.95. The smallest absolute Gasteiger partial charge is 0.337 e. The summed E-state index contributed by atoms with van der Waals surface area (Å²) in [5.41, 5.74) is 1.13. The first-order chi connectivity index (χ1) is 13.1. The van der Waals surface area contributed by atoms with E-state index < -0.39 is 5.97 Å². The molecule has 2 aromatic rings. The van der Waals surface area contributed by atoms with E-state index in [0.717, 1.165) is 39.3 Å². The number of nitrogens with one attached hydrogen (secondary N) is 1. The van der Waals surface area contributed by atoms with E-state index in [1.54, 1.807) is 30.5 Å². The van der Waals surface area contributed by atoms with Crippen LogP contribution in [0.1, 0.15) is 10.4 Å². The largest absolute Gasteiger partial charge is 0.465 e. The third-order valence-corrected chi connectivity index (χ3v) is 4.66. The van der Waals surface area contributed by atoms with Crippen LogP contribution in [-0.2, 0) is 16.1 Å². The Labute approximate surface area is 158 Å². The SMILES string of the molecule is COC(=O)c1ccc(NC(=O)CN2CCN(CCn3ccnc3)CC2)cc1. The summed E-state index contributed by atoms with van der Waals surface area (Å²) in [5, 5.41) is 2.87. The fourth-order valence-corrected chi connectivity index (χ4v) is 3.06. The van der Waals surface area contributed by atoms with E-state index in [1.807, 2.05) is 12.5 Å². The molecule has 1 aliphatic heterocycles. The third-order valence-electron chi connectivity index (χ3n) is 4.66. The molecule has 1 aromatic heterocycles. The molecule has 0 radical (unpaired) electrons. The molecule has 1 aromatic carbocycles. The van der Waals surface area contributed by atoms with Crippen molar-refractivity contribution < 1.29 is 14.3 Å². The molecule has 27 heavy (non-hydrogen) atoms. The Bertz CT molecular complexity index is 737. The molecule has 1 fully saturated rings. The van der Waals surface area contributed by atoms with E-state index in [9.17, 15) is 9.59 Å². The van der Waals surface area contributed by atoms with Crippen molar-refractivity contribution in [2.24, 2.45) is 0 Å². The average Bonchev–Trinajstić information content (AvgIpc) is 3.21. The minimum Gasteiger partial charge on any atom is -0.465 e. The van der Waals surface area contributed by atoms with E-state index in [0.29, 0.717) is 17.8 Å². The molecule has 144 valence electrons. The van der Waals surface area contributed by atoms with Gasteiger partial charge in [-0.1, -0.05) is 0 Å². The summed E-state index contributed by atoms with van der Waals surface area (Å²) in [7, 11) is 1.34. The number of amides is 1. The zero-order valence-electron chi connectivity index (χ0n) is 15.5. The number of benzene rings is 1. The van der Waals surface area contributed by atoms with Crippen molar-refractivity contribution in [2.45, 2.75) is 6.54 Å². The van der Waals surface area contributed by atoms with Gasteiger partial charge >= 0.3 is 5.97 Å². The Morgan fingerprint density at radius 2 is 1.78 bits per heavy atom. The molecule has 0 bridgehead atoms. The van der Waals surface area contributed by atoms with E-state index in [1.165, 1.54) is 7.11 Å². The van der Waals surface area contributed by atoms with Crippen LogP contribution in [0.5, 0.6) is 0 Å². The van der Waals surface area contributed by atoms with Crippen LogP contribution in [-0.4, -0.2) is 77.6 Å². The number of carbonyl (C=O) groups is 2. The molecular weight excluding hydrogens is 346 g/mol. The van der Waals surface area contributed by atoms with Gasteiger partial charge in [0.25, 0.3) is 0 Å². The molecule has 1 aliphatic rings. The van der Waals surface area contributed by atoms with E-state index in [-0.39, 0.29) is 5.91 Å². The van der Waals surface area contributed by atoms with Crippen LogP contribution in [0, 0.1) is 0 Å². The number of nitrogens with zero attached hydrogens (tertiary/aromatic N) is 4. The van der Waals surface area contributed by atoms with E-state index in [2.05, 4.69) is 29.4 Å². The normalized spacial score (nSPS) is 15.4. The van der Waals surface area contributed by atoms with Crippen LogP contribution in [0.3, 0.4) is 0 Å². The molecule has 3 rings (SSSR count). The van der Waals surface area contributed by atoms with Crippen LogP contribution >= 0.6 is 0 Å². The van der Waals surface area contributed by atoms with E-state index >= 15 is 0 Å².